The van der Waals surface area contributed by atoms with Crippen LogP contribution in [0.25, 0.3) is 0 Å². The van der Waals surface area contributed by atoms with Crippen LogP contribution in [0, 0.1) is 10.1 Å². The van der Waals surface area contributed by atoms with Gasteiger partial charge >= 0.3 is 12.6 Å². The van der Waals surface area contributed by atoms with Gasteiger partial charge in [-0.05, 0) is 30.5 Å². The average Bonchev–Trinajstić information content (AvgIpc) is 3.23. The second-order valence-corrected chi connectivity index (χ2v) is 6.93. The van der Waals surface area contributed by atoms with E-state index in [4.69, 9.17) is 0 Å². The second-order valence-electron chi connectivity index (χ2n) is 6.93. The molecule has 0 bridgehead atoms. The van der Waals surface area contributed by atoms with Crippen LogP contribution >= 0.6 is 0 Å². The van der Waals surface area contributed by atoms with Gasteiger partial charge in [-0.3, -0.25) is 10.1 Å². The van der Waals surface area contributed by atoms with Gasteiger partial charge in [-0.1, -0.05) is 18.2 Å². The van der Waals surface area contributed by atoms with Crippen LogP contribution < -0.4 is 15.0 Å². The van der Waals surface area contributed by atoms with Crippen molar-refractivity contribution < 1.29 is 23.2 Å². The molecule has 160 valence electrons. The van der Waals surface area contributed by atoms with Crippen LogP contribution in [-0.4, -0.2) is 42.6 Å². The average molecular weight is 420 g/mol. The molecule has 0 atom stereocenters. The Kier molecular flexibility index (Phi) is 6.65. The first kappa shape index (κ1) is 21.3. The Labute approximate surface area is 172 Å². The maximum Gasteiger partial charge on any atom is 0.387 e. The number of carbonyl (C=O) groups excluding carboxylic acids is 1. The Balaban J connectivity index is 1.76. The number of anilines is 2. The molecule has 0 aromatic heterocycles. The van der Waals surface area contributed by atoms with Crippen molar-refractivity contribution >= 4 is 23.1 Å². The molecule has 10 heteroatoms. The van der Waals surface area contributed by atoms with E-state index in [0.717, 1.165) is 55.4 Å². The SMILES string of the molecule is CN(Cc1ccccc1N1CCCC1)C(=O)Nc1cc([N+](=O)[O-])ccc1OC(F)F. The Morgan fingerprint density at radius 3 is 2.63 bits per heavy atom. The molecule has 0 saturated carbocycles. The molecule has 0 radical (unpaired) electrons. The number of rotatable bonds is 7. The van der Waals surface area contributed by atoms with E-state index in [1.54, 1.807) is 7.05 Å². The van der Waals surface area contributed by atoms with Crippen molar-refractivity contribution in [3.63, 3.8) is 0 Å². The van der Waals surface area contributed by atoms with Crippen molar-refractivity contribution in [3.8, 4) is 5.75 Å². The van der Waals surface area contributed by atoms with Crippen LogP contribution in [0.2, 0.25) is 0 Å². The fourth-order valence-electron chi connectivity index (χ4n) is 3.38. The Bertz CT molecular complexity index is 919. The first-order valence-electron chi connectivity index (χ1n) is 9.43. The van der Waals surface area contributed by atoms with E-state index in [1.165, 1.54) is 4.90 Å². The Hall–Kier alpha value is -3.43. The molecule has 0 unspecified atom stereocenters. The number of hydrogen-bond donors (Lipinski definition) is 1. The van der Waals surface area contributed by atoms with Crippen LogP contribution in [0.3, 0.4) is 0 Å². The number of nitrogens with one attached hydrogen (secondary N) is 1. The van der Waals surface area contributed by atoms with E-state index in [2.05, 4.69) is 15.0 Å². The number of nitrogens with zero attached hydrogens (tertiary/aromatic N) is 3. The number of nitro groups is 1. The van der Waals surface area contributed by atoms with Crippen LogP contribution in [0.4, 0.5) is 30.6 Å². The summed E-state index contributed by atoms with van der Waals surface area (Å²) in [5.41, 5.74) is 1.44. The number of para-hydroxylation sites is 1. The summed E-state index contributed by atoms with van der Waals surface area (Å²) in [5, 5.41) is 13.4. The zero-order valence-corrected chi connectivity index (χ0v) is 16.4. The van der Waals surface area contributed by atoms with E-state index >= 15 is 0 Å². The predicted molar refractivity (Wildman–Crippen MR) is 108 cm³/mol. The molecule has 2 aromatic rings. The maximum absolute atomic E-state index is 12.7. The zero-order valence-electron chi connectivity index (χ0n) is 16.4. The summed E-state index contributed by atoms with van der Waals surface area (Å²) in [7, 11) is 1.56. The van der Waals surface area contributed by atoms with Gasteiger partial charge in [0.2, 0.25) is 0 Å². The first-order valence-corrected chi connectivity index (χ1v) is 9.43. The third-order valence-corrected chi connectivity index (χ3v) is 4.82. The van der Waals surface area contributed by atoms with Gasteiger partial charge in [-0.15, -0.1) is 0 Å². The smallest absolute Gasteiger partial charge is 0.387 e. The van der Waals surface area contributed by atoms with Gasteiger partial charge in [-0.25, -0.2) is 4.79 Å². The van der Waals surface area contributed by atoms with Gasteiger partial charge in [0.1, 0.15) is 5.75 Å². The van der Waals surface area contributed by atoms with E-state index in [1.807, 2.05) is 24.3 Å². The van der Waals surface area contributed by atoms with Gasteiger partial charge in [0, 0.05) is 44.5 Å². The van der Waals surface area contributed by atoms with E-state index in [9.17, 15) is 23.7 Å². The summed E-state index contributed by atoms with van der Waals surface area (Å²) in [5.74, 6) is -0.352. The lowest BCUT2D eigenvalue weighted by Gasteiger charge is -2.25. The molecule has 3 rings (SSSR count). The largest absolute Gasteiger partial charge is 0.433 e. The first-order chi connectivity index (χ1) is 14.3. The molecule has 2 aromatic carbocycles. The lowest BCUT2D eigenvalue weighted by Crippen LogP contribution is -2.32. The molecule has 30 heavy (non-hydrogen) atoms. The van der Waals surface area contributed by atoms with Crippen molar-refractivity contribution in [1.29, 1.82) is 0 Å². The van der Waals surface area contributed by atoms with Gasteiger partial charge in [0.15, 0.2) is 0 Å². The predicted octanol–water partition coefficient (Wildman–Crippen LogP) is 4.46. The summed E-state index contributed by atoms with van der Waals surface area (Å²) in [6, 6.07) is 10.2. The Morgan fingerprint density at radius 1 is 1.27 bits per heavy atom. The summed E-state index contributed by atoms with van der Waals surface area (Å²) in [6.07, 6.45) is 2.23. The minimum absolute atomic E-state index is 0.200. The van der Waals surface area contributed by atoms with Crippen LogP contribution in [0.15, 0.2) is 42.5 Å². The molecule has 1 aliphatic heterocycles. The second kappa shape index (κ2) is 9.38. The summed E-state index contributed by atoms with van der Waals surface area (Å²) in [6.45, 7) is -0.949. The van der Waals surface area contributed by atoms with E-state index in [0.29, 0.717) is 0 Å². The van der Waals surface area contributed by atoms with Gasteiger partial charge in [0.05, 0.1) is 10.6 Å². The minimum Gasteiger partial charge on any atom is -0.433 e. The van der Waals surface area contributed by atoms with Crippen LogP contribution in [0.5, 0.6) is 5.75 Å². The highest BCUT2D eigenvalue weighted by molar-refractivity contribution is 5.91. The number of non-ortho nitro benzene ring substituents is 1. The number of amides is 2. The van der Waals surface area contributed by atoms with Crippen molar-refractivity contribution in [2.24, 2.45) is 0 Å². The topological polar surface area (TPSA) is 88.0 Å². The third kappa shape index (κ3) is 5.13. The van der Waals surface area contributed by atoms with Crippen molar-refractivity contribution in [1.82, 2.24) is 4.90 Å². The lowest BCUT2D eigenvalue weighted by atomic mass is 10.1. The molecule has 1 N–H and O–H groups in total. The highest BCUT2D eigenvalue weighted by Gasteiger charge is 2.20. The number of halogens is 2. The monoisotopic (exact) mass is 420 g/mol. The Morgan fingerprint density at radius 2 is 1.97 bits per heavy atom. The highest BCUT2D eigenvalue weighted by atomic mass is 19.3. The number of ether oxygens (including phenoxy) is 1. The summed E-state index contributed by atoms with van der Waals surface area (Å²) < 4.78 is 29.7. The lowest BCUT2D eigenvalue weighted by molar-refractivity contribution is -0.384. The molecule has 1 heterocycles. The maximum atomic E-state index is 12.7. The van der Waals surface area contributed by atoms with Gasteiger partial charge in [0.25, 0.3) is 5.69 Å². The number of carbonyl (C=O) groups is 1. The number of hydrogen-bond acceptors (Lipinski definition) is 5. The van der Waals surface area contributed by atoms with Crippen molar-refractivity contribution in [3.05, 3.63) is 58.1 Å². The molecule has 1 fully saturated rings. The fourth-order valence-corrected chi connectivity index (χ4v) is 3.38. The molecular formula is C20H22F2N4O4. The summed E-state index contributed by atoms with van der Waals surface area (Å²) in [4.78, 5) is 26.6. The zero-order chi connectivity index (χ0) is 21.7. The summed E-state index contributed by atoms with van der Waals surface area (Å²) >= 11 is 0. The number of alkyl halides is 2. The van der Waals surface area contributed by atoms with Crippen molar-refractivity contribution in [2.45, 2.75) is 26.0 Å². The molecule has 1 aliphatic rings. The fraction of sp³-hybridized carbons (Fsp3) is 0.350. The third-order valence-electron chi connectivity index (χ3n) is 4.82. The minimum atomic E-state index is -3.13. The quantitative estimate of drug-likeness (QED) is 0.528. The number of urea groups is 1. The standard InChI is InChI=1S/C20H22F2N4O4/c1-24(13-14-6-2-3-7-17(14)25-10-4-5-11-25)20(27)23-16-12-15(26(28)29)8-9-18(16)30-19(21)22/h2-3,6-9,12,19H,4-5,10-11,13H2,1H3,(H,23,27). The number of nitro benzene ring substituents is 1. The van der Waals surface area contributed by atoms with Gasteiger partial charge < -0.3 is 19.9 Å². The van der Waals surface area contributed by atoms with Crippen LogP contribution in [0.1, 0.15) is 18.4 Å². The normalized spacial score (nSPS) is 13.4. The number of benzene rings is 2. The van der Waals surface area contributed by atoms with Crippen molar-refractivity contribution in [2.75, 3.05) is 30.4 Å². The van der Waals surface area contributed by atoms with Crippen LogP contribution in [-0.2, 0) is 6.54 Å². The molecule has 8 nitrogen and oxygen atoms in total. The molecule has 1 saturated heterocycles. The molecule has 2 amide bonds. The van der Waals surface area contributed by atoms with Gasteiger partial charge in [-0.2, -0.15) is 8.78 Å². The highest BCUT2D eigenvalue weighted by Crippen LogP contribution is 2.31. The molecule has 0 aliphatic carbocycles. The molecule has 0 spiro atoms. The van der Waals surface area contributed by atoms with E-state index < -0.39 is 17.6 Å². The molecular weight excluding hydrogens is 398 g/mol. The van der Waals surface area contributed by atoms with E-state index in [-0.39, 0.29) is 23.7 Å².